The first-order chi connectivity index (χ1) is 16.3. The van der Waals surface area contributed by atoms with Crippen LogP contribution >= 0.6 is 0 Å². The number of hydrogen-bond donors (Lipinski definition) is 1. The van der Waals surface area contributed by atoms with E-state index in [0.29, 0.717) is 24.5 Å². The molecule has 3 aromatic rings. The zero-order valence-corrected chi connectivity index (χ0v) is 19.4. The maximum Gasteiger partial charge on any atom is 0.274 e. The van der Waals surface area contributed by atoms with E-state index < -0.39 is 20.9 Å². The van der Waals surface area contributed by atoms with Gasteiger partial charge in [-0.05, 0) is 43.5 Å². The van der Waals surface area contributed by atoms with Crippen molar-refractivity contribution in [2.45, 2.75) is 37.6 Å². The van der Waals surface area contributed by atoms with Crippen molar-refractivity contribution in [1.29, 1.82) is 0 Å². The summed E-state index contributed by atoms with van der Waals surface area (Å²) in [5, 5.41) is 21.6. The van der Waals surface area contributed by atoms with Gasteiger partial charge in [-0.3, -0.25) is 14.9 Å². The summed E-state index contributed by atoms with van der Waals surface area (Å²) in [6.07, 6.45) is 2.78. The van der Waals surface area contributed by atoms with Crippen LogP contribution in [0.5, 0.6) is 0 Å². The van der Waals surface area contributed by atoms with Crippen LogP contribution in [0.25, 0.3) is 5.69 Å². The predicted molar refractivity (Wildman–Crippen MR) is 123 cm³/mol. The molecule has 1 N–H and O–H groups in total. The molecule has 1 aliphatic heterocycles. The Morgan fingerprint density at radius 3 is 2.50 bits per heavy atom. The van der Waals surface area contributed by atoms with Gasteiger partial charge in [-0.25, -0.2) is 13.1 Å². The molecule has 11 nitrogen and oxygen atoms in total. The zero-order chi connectivity index (χ0) is 24.3. The number of nitro benzene ring substituents is 1. The van der Waals surface area contributed by atoms with Crippen LogP contribution in [0.1, 0.15) is 41.0 Å². The van der Waals surface area contributed by atoms with Gasteiger partial charge in [-0.15, -0.1) is 5.10 Å². The fourth-order valence-electron chi connectivity index (χ4n) is 3.82. The third-order valence-corrected chi connectivity index (χ3v) is 7.64. The lowest BCUT2D eigenvalue weighted by molar-refractivity contribution is -0.384. The maximum atomic E-state index is 12.8. The summed E-state index contributed by atoms with van der Waals surface area (Å²) in [5.74, 6) is -0.459. The highest BCUT2D eigenvalue weighted by molar-refractivity contribution is 7.89. The fraction of sp³-hybridized carbons (Fsp3) is 0.318. The molecule has 0 unspecified atom stereocenters. The van der Waals surface area contributed by atoms with Gasteiger partial charge in [0.2, 0.25) is 10.0 Å². The summed E-state index contributed by atoms with van der Waals surface area (Å²) in [5.41, 5.74) is 1.58. The van der Waals surface area contributed by atoms with E-state index in [1.54, 1.807) is 37.3 Å². The molecule has 0 atom stereocenters. The Balaban J connectivity index is 1.42. The van der Waals surface area contributed by atoms with Crippen LogP contribution in [-0.2, 0) is 16.6 Å². The molecule has 1 aromatic heterocycles. The first kappa shape index (κ1) is 23.5. The molecule has 0 aliphatic carbocycles. The number of piperidine rings is 1. The SMILES string of the molecule is Cc1c(C(=O)NCc2ccc(S(=O)(=O)N3CCCCC3)cc2)nnn1-c1cccc([N+](=O)[O-])c1. The molecule has 4 rings (SSSR count). The Bertz CT molecular complexity index is 1310. The van der Waals surface area contributed by atoms with Crippen molar-refractivity contribution in [2.24, 2.45) is 0 Å². The van der Waals surface area contributed by atoms with Gasteiger partial charge in [0.15, 0.2) is 5.69 Å². The van der Waals surface area contributed by atoms with Gasteiger partial charge in [0.05, 0.1) is 21.2 Å². The van der Waals surface area contributed by atoms with Gasteiger partial charge in [-0.1, -0.05) is 29.8 Å². The van der Waals surface area contributed by atoms with E-state index >= 15 is 0 Å². The molecule has 0 saturated carbocycles. The van der Waals surface area contributed by atoms with Gasteiger partial charge < -0.3 is 5.32 Å². The lowest BCUT2D eigenvalue weighted by atomic mass is 10.2. The largest absolute Gasteiger partial charge is 0.347 e. The Labute approximate surface area is 196 Å². The number of aromatic nitrogens is 3. The van der Waals surface area contributed by atoms with Crippen LogP contribution in [0.4, 0.5) is 5.69 Å². The van der Waals surface area contributed by atoms with Crippen molar-refractivity contribution < 1.29 is 18.1 Å². The van der Waals surface area contributed by atoms with Gasteiger partial charge in [0, 0.05) is 31.8 Å². The van der Waals surface area contributed by atoms with E-state index in [2.05, 4.69) is 15.6 Å². The molecular formula is C22H24N6O5S. The number of sulfonamides is 1. The second-order valence-electron chi connectivity index (χ2n) is 8.00. The Kier molecular flexibility index (Phi) is 6.70. The number of nitrogens with zero attached hydrogens (tertiary/aromatic N) is 5. The molecule has 12 heteroatoms. The van der Waals surface area contributed by atoms with E-state index in [1.807, 2.05) is 0 Å². The number of amides is 1. The van der Waals surface area contributed by atoms with Crippen LogP contribution < -0.4 is 5.32 Å². The normalized spacial score (nSPS) is 14.6. The third-order valence-electron chi connectivity index (χ3n) is 5.72. The molecule has 1 aliphatic rings. The number of carbonyl (C=O) groups is 1. The minimum atomic E-state index is -3.51. The Morgan fingerprint density at radius 2 is 1.82 bits per heavy atom. The Morgan fingerprint density at radius 1 is 1.12 bits per heavy atom. The number of nitro groups is 1. The molecule has 0 spiro atoms. The first-order valence-electron chi connectivity index (χ1n) is 10.8. The summed E-state index contributed by atoms with van der Waals surface area (Å²) < 4.78 is 28.4. The van der Waals surface area contributed by atoms with E-state index in [1.165, 1.54) is 27.2 Å². The summed E-state index contributed by atoms with van der Waals surface area (Å²) in [4.78, 5) is 23.4. The molecule has 1 saturated heterocycles. The van der Waals surface area contributed by atoms with E-state index in [-0.39, 0.29) is 22.8 Å². The smallest absolute Gasteiger partial charge is 0.274 e. The monoisotopic (exact) mass is 484 g/mol. The number of rotatable bonds is 7. The van der Waals surface area contributed by atoms with Gasteiger partial charge in [0.25, 0.3) is 11.6 Å². The first-order valence-corrected chi connectivity index (χ1v) is 12.3. The van der Waals surface area contributed by atoms with Crippen LogP contribution in [0.3, 0.4) is 0 Å². The van der Waals surface area contributed by atoms with Crippen molar-refractivity contribution in [2.75, 3.05) is 13.1 Å². The average Bonchev–Trinajstić information content (AvgIpc) is 3.24. The number of benzene rings is 2. The topological polar surface area (TPSA) is 140 Å². The van der Waals surface area contributed by atoms with E-state index in [0.717, 1.165) is 24.8 Å². The van der Waals surface area contributed by atoms with Crippen LogP contribution in [0, 0.1) is 17.0 Å². The van der Waals surface area contributed by atoms with Crippen molar-refractivity contribution in [3.63, 3.8) is 0 Å². The molecule has 34 heavy (non-hydrogen) atoms. The lowest BCUT2D eigenvalue weighted by Crippen LogP contribution is -2.35. The second kappa shape index (κ2) is 9.69. The number of non-ortho nitro benzene ring substituents is 1. The standard InChI is InChI=1S/C22H24N6O5S/c1-16-21(24-25-27(16)18-6-5-7-19(14-18)28(30)31)22(29)23-15-17-8-10-20(11-9-17)34(32,33)26-12-3-2-4-13-26/h5-11,14H,2-4,12-13,15H2,1H3,(H,23,29). The molecule has 0 bridgehead atoms. The molecule has 1 amide bonds. The van der Waals surface area contributed by atoms with Gasteiger partial charge in [-0.2, -0.15) is 4.31 Å². The van der Waals surface area contributed by atoms with Gasteiger partial charge >= 0.3 is 0 Å². The Hall–Kier alpha value is -3.64. The third kappa shape index (κ3) is 4.82. The van der Waals surface area contributed by atoms with Crippen LogP contribution in [0.2, 0.25) is 0 Å². The van der Waals surface area contributed by atoms with Gasteiger partial charge in [0.1, 0.15) is 0 Å². The fourth-order valence-corrected chi connectivity index (χ4v) is 5.34. The summed E-state index contributed by atoms with van der Waals surface area (Å²) in [7, 11) is -3.51. The number of carbonyl (C=O) groups excluding carboxylic acids is 1. The molecule has 178 valence electrons. The van der Waals surface area contributed by atoms with Crippen molar-refractivity contribution in [1.82, 2.24) is 24.6 Å². The molecule has 0 radical (unpaired) electrons. The molecule has 2 heterocycles. The van der Waals surface area contributed by atoms with Crippen molar-refractivity contribution in [3.8, 4) is 5.69 Å². The number of nitrogens with one attached hydrogen (secondary N) is 1. The minimum Gasteiger partial charge on any atom is -0.347 e. The van der Waals surface area contributed by atoms with Crippen LogP contribution in [-0.4, -0.2) is 51.6 Å². The lowest BCUT2D eigenvalue weighted by Gasteiger charge is -2.25. The summed E-state index contributed by atoms with van der Waals surface area (Å²) >= 11 is 0. The highest BCUT2D eigenvalue weighted by atomic mass is 32.2. The van der Waals surface area contributed by atoms with E-state index in [4.69, 9.17) is 0 Å². The highest BCUT2D eigenvalue weighted by Gasteiger charge is 2.25. The second-order valence-corrected chi connectivity index (χ2v) is 9.94. The molecule has 1 fully saturated rings. The van der Waals surface area contributed by atoms with Crippen molar-refractivity contribution >= 4 is 21.6 Å². The quantitative estimate of drug-likeness (QED) is 0.401. The maximum absolute atomic E-state index is 12.8. The van der Waals surface area contributed by atoms with Crippen molar-refractivity contribution in [3.05, 3.63) is 75.6 Å². The highest BCUT2D eigenvalue weighted by Crippen LogP contribution is 2.21. The summed E-state index contributed by atoms with van der Waals surface area (Å²) in [6.45, 7) is 2.90. The van der Waals surface area contributed by atoms with E-state index in [9.17, 15) is 23.3 Å². The number of hydrogen-bond acceptors (Lipinski definition) is 7. The molecular weight excluding hydrogens is 460 g/mol. The minimum absolute atomic E-state index is 0.0933. The average molecular weight is 485 g/mol. The molecule has 2 aromatic carbocycles. The van der Waals surface area contributed by atoms with Crippen LogP contribution in [0.15, 0.2) is 53.4 Å². The summed E-state index contributed by atoms with van der Waals surface area (Å²) in [6, 6.07) is 12.3. The zero-order valence-electron chi connectivity index (χ0n) is 18.5. The predicted octanol–water partition coefficient (Wildman–Crippen LogP) is 2.59.